The van der Waals surface area contributed by atoms with Gasteiger partial charge in [-0.25, -0.2) is 0 Å². The van der Waals surface area contributed by atoms with Crippen LogP contribution in [0.1, 0.15) is 38.8 Å². The van der Waals surface area contributed by atoms with Crippen molar-refractivity contribution in [3.8, 4) is 0 Å². The van der Waals surface area contributed by atoms with Crippen molar-refractivity contribution in [3.05, 3.63) is 33.3 Å². The van der Waals surface area contributed by atoms with Crippen LogP contribution in [0.4, 0.5) is 0 Å². The molecule has 0 aliphatic carbocycles. The number of carbonyl (C=O) groups is 1. The Hall–Kier alpha value is -0.580. The zero-order chi connectivity index (χ0) is 15.1. The molecule has 0 aliphatic heterocycles. The molecule has 3 nitrogen and oxygen atoms in total. The lowest BCUT2D eigenvalue weighted by molar-refractivity contribution is -0.144. The third kappa shape index (κ3) is 4.76. The quantitative estimate of drug-likeness (QED) is 0.672. The molecule has 0 spiro atoms. The number of hydrogen-bond acceptors (Lipinski definition) is 3. The van der Waals surface area contributed by atoms with Gasteiger partial charge in [0.15, 0.2) is 0 Å². The number of ether oxygens (including phenoxy) is 1. The van der Waals surface area contributed by atoms with Gasteiger partial charge < -0.3 is 4.74 Å². The summed E-state index contributed by atoms with van der Waals surface area (Å²) in [6, 6.07) is 5.66. The second kappa shape index (κ2) is 8.65. The van der Waals surface area contributed by atoms with Crippen LogP contribution >= 0.6 is 27.5 Å². The molecule has 1 rings (SSSR count). The fraction of sp³-hybridized carbons (Fsp3) is 0.533. The minimum atomic E-state index is -0.194. The molecule has 0 aromatic heterocycles. The predicted octanol–water partition coefficient (Wildman–Crippen LogP) is 4.44. The molecule has 1 aromatic rings. The fourth-order valence-electron chi connectivity index (χ4n) is 2.25. The summed E-state index contributed by atoms with van der Waals surface area (Å²) in [4.78, 5) is 14.1. The SMILES string of the molecule is CCOC(=O)CC(c1cc(Br)ccc1Cl)N(CC)CC. The first kappa shape index (κ1) is 17.5. The second-order valence-electron chi connectivity index (χ2n) is 4.41. The molecular formula is C15H21BrClNO2. The largest absolute Gasteiger partial charge is 0.466 e. The molecule has 1 atom stereocenters. The molecule has 0 fully saturated rings. The van der Waals surface area contributed by atoms with Crippen LogP contribution in [0.2, 0.25) is 5.02 Å². The summed E-state index contributed by atoms with van der Waals surface area (Å²) < 4.78 is 6.04. The molecule has 0 saturated heterocycles. The van der Waals surface area contributed by atoms with Crippen molar-refractivity contribution >= 4 is 33.5 Å². The van der Waals surface area contributed by atoms with E-state index in [2.05, 4.69) is 34.7 Å². The Bertz CT molecular complexity index is 449. The van der Waals surface area contributed by atoms with Gasteiger partial charge in [-0.15, -0.1) is 0 Å². The summed E-state index contributed by atoms with van der Waals surface area (Å²) in [5, 5.41) is 0.675. The summed E-state index contributed by atoms with van der Waals surface area (Å²) >= 11 is 9.77. The predicted molar refractivity (Wildman–Crippen MR) is 86.1 cm³/mol. The van der Waals surface area contributed by atoms with E-state index in [-0.39, 0.29) is 12.0 Å². The first-order valence-corrected chi connectivity index (χ1v) is 8.05. The van der Waals surface area contributed by atoms with Gasteiger partial charge in [-0.2, -0.15) is 0 Å². The van der Waals surface area contributed by atoms with Gasteiger partial charge in [-0.05, 0) is 43.8 Å². The maximum absolute atomic E-state index is 11.9. The van der Waals surface area contributed by atoms with E-state index in [0.717, 1.165) is 23.1 Å². The molecule has 0 radical (unpaired) electrons. The van der Waals surface area contributed by atoms with Gasteiger partial charge in [0.25, 0.3) is 0 Å². The smallest absolute Gasteiger partial charge is 0.307 e. The Labute approximate surface area is 134 Å². The van der Waals surface area contributed by atoms with Crippen LogP contribution < -0.4 is 0 Å². The number of rotatable bonds is 7. The molecule has 0 aliphatic rings. The van der Waals surface area contributed by atoms with E-state index in [1.807, 2.05) is 25.1 Å². The first-order valence-electron chi connectivity index (χ1n) is 6.88. The van der Waals surface area contributed by atoms with E-state index < -0.39 is 0 Å². The van der Waals surface area contributed by atoms with Crippen molar-refractivity contribution in [1.82, 2.24) is 4.90 Å². The third-order valence-electron chi connectivity index (χ3n) is 3.24. The average Bonchev–Trinajstić information content (AvgIpc) is 2.42. The highest BCUT2D eigenvalue weighted by Crippen LogP contribution is 2.32. The Morgan fingerprint density at radius 3 is 2.55 bits per heavy atom. The number of nitrogens with zero attached hydrogens (tertiary/aromatic N) is 1. The van der Waals surface area contributed by atoms with E-state index in [4.69, 9.17) is 16.3 Å². The molecule has 20 heavy (non-hydrogen) atoms. The van der Waals surface area contributed by atoms with Crippen LogP contribution in [0.25, 0.3) is 0 Å². The van der Waals surface area contributed by atoms with Crippen LogP contribution in [0, 0.1) is 0 Å². The van der Waals surface area contributed by atoms with E-state index in [1.165, 1.54) is 0 Å². The summed E-state index contributed by atoms with van der Waals surface area (Å²) in [7, 11) is 0. The van der Waals surface area contributed by atoms with Crippen LogP contribution in [0.15, 0.2) is 22.7 Å². The van der Waals surface area contributed by atoms with Crippen molar-refractivity contribution in [1.29, 1.82) is 0 Å². The van der Waals surface area contributed by atoms with Crippen molar-refractivity contribution in [2.75, 3.05) is 19.7 Å². The molecular weight excluding hydrogens is 342 g/mol. The number of halogens is 2. The summed E-state index contributed by atoms with van der Waals surface area (Å²) in [5.74, 6) is -0.194. The lowest BCUT2D eigenvalue weighted by Gasteiger charge is -2.30. The molecule has 1 unspecified atom stereocenters. The third-order valence-corrected chi connectivity index (χ3v) is 4.07. The highest BCUT2D eigenvalue weighted by molar-refractivity contribution is 9.10. The highest BCUT2D eigenvalue weighted by atomic mass is 79.9. The van der Waals surface area contributed by atoms with Crippen LogP contribution in [0.5, 0.6) is 0 Å². The molecule has 112 valence electrons. The van der Waals surface area contributed by atoms with E-state index in [1.54, 1.807) is 0 Å². The lowest BCUT2D eigenvalue weighted by atomic mass is 10.0. The number of carbonyl (C=O) groups excluding carboxylic acids is 1. The van der Waals surface area contributed by atoms with E-state index >= 15 is 0 Å². The zero-order valence-electron chi connectivity index (χ0n) is 12.2. The Balaban J connectivity index is 3.08. The zero-order valence-corrected chi connectivity index (χ0v) is 14.5. The van der Waals surface area contributed by atoms with E-state index in [9.17, 15) is 4.79 Å². The highest BCUT2D eigenvalue weighted by Gasteiger charge is 2.24. The Morgan fingerprint density at radius 1 is 1.35 bits per heavy atom. The molecule has 1 aromatic carbocycles. The Kier molecular flexibility index (Phi) is 7.56. The standard InChI is InChI=1S/C15H21BrClNO2/c1-4-18(5-2)14(10-15(19)20-6-3)12-9-11(16)7-8-13(12)17/h7-9,14H,4-6,10H2,1-3H3. The molecule has 5 heteroatoms. The molecule has 0 amide bonds. The summed E-state index contributed by atoms with van der Waals surface area (Å²) in [6.07, 6.45) is 0.311. The minimum absolute atomic E-state index is 0.0611. The number of benzene rings is 1. The topological polar surface area (TPSA) is 29.5 Å². The molecule has 0 bridgehead atoms. The number of esters is 1. The van der Waals surface area contributed by atoms with Gasteiger partial charge in [-0.3, -0.25) is 9.69 Å². The van der Waals surface area contributed by atoms with Crippen molar-refractivity contribution in [2.45, 2.75) is 33.2 Å². The molecule has 0 saturated carbocycles. The lowest BCUT2D eigenvalue weighted by Crippen LogP contribution is -2.31. The van der Waals surface area contributed by atoms with Gasteiger partial charge >= 0.3 is 5.97 Å². The summed E-state index contributed by atoms with van der Waals surface area (Å²) in [5.41, 5.74) is 0.956. The average molecular weight is 363 g/mol. The van der Waals surface area contributed by atoms with Gasteiger partial charge in [0.1, 0.15) is 0 Å². The summed E-state index contributed by atoms with van der Waals surface area (Å²) in [6.45, 7) is 8.07. The van der Waals surface area contributed by atoms with Gasteiger partial charge in [-0.1, -0.05) is 41.4 Å². The second-order valence-corrected chi connectivity index (χ2v) is 5.73. The number of hydrogen-bond donors (Lipinski definition) is 0. The van der Waals surface area contributed by atoms with Crippen LogP contribution in [-0.4, -0.2) is 30.6 Å². The van der Waals surface area contributed by atoms with Crippen LogP contribution in [0.3, 0.4) is 0 Å². The fourth-order valence-corrected chi connectivity index (χ4v) is 2.87. The van der Waals surface area contributed by atoms with Crippen molar-refractivity contribution in [3.63, 3.8) is 0 Å². The van der Waals surface area contributed by atoms with E-state index in [0.29, 0.717) is 18.1 Å². The molecule has 0 N–H and O–H groups in total. The van der Waals surface area contributed by atoms with Gasteiger partial charge in [0.2, 0.25) is 0 Å². The maximum atomic E-state index is 11.9. The molecule has 0 heterocycles. The Morgan fingerprint density at radius 2 is 2.00 bits per heavy atom. The maximum Gasteiger partial charge on any atom is 0.307 e. The van der Waals surface area contributed by atoms with Gasteiger partial charge in [0, 0.05) is 15.5 Å². The minimum Gasteiger partial charge on any atom is -0.466 e. The van der Waals surface area contributed by atoms with Gasteiger partial charge in [0.05, 0.1) is 13.0 Å². The normalized spacial score (nSPS) is 12.5. The van der Waals surface area contributed by atoms with Crippen LogP contribution in [-0.2, 0) is 9.53 Å². The monoisotopic (exact) mass is 361 g/mol. The first-order chi connectivity index (χ1) is 9.53. The van der Waals surface area contributed by atoms with Crippen molar-refractivity contribution < 1.29 is 9.53 Å². The van der Waals surface area contributed by atoms with Crippen molar-refractivity contribution in [2.24, 2.45) is 0 Å².